The van der Waals surface area contributed by atoms with Crippen molar-refractivity contribution in [1.82, 2.24) is 9.97 Å². The number of hydrogen-bond donors (Lipinski definition) is 0. The summed E-state index contributed by atoms with van der Waals surface area (Å²) in [4.78, 5) is 8.53. The molecule has 2 nitrogen and oxygen atoms in total. The Morgan fingerprint density at radius 1 is 1.14 bits per heavy atom. The lowest BCUT2D eigenvalue weighted by Gasteiger charge is -2.18. The van der Waals surface area contributed by atoms with Crippen LogP contribution in [-0.2, 0) is 5.41 Å². The smallest absolute Gasteiger partial charge is 0.159 e. The number of hydrogen-bond acceptors (Lipinski definition) is 2. The molecule has 0 unspecified atom stereocenters. The molecule has 0 aliphatic rings. The Morgan fingerprint density at radius 2 is 1.93 bits per heavy atom. The van der Waals surface area contributed by atoms with Gasteiger partial charge >= 0.3 is 0 Å². The molecule has 2 heteroatoms. The Balaban J connectivity index is 2.63. The van der Waals surface area contributed by atoms with Crippen molar-refractivity contribution in [2.75, 3.05) is 0 Å². The third-order valence-electron chi connectivity index (χ3n) is 2.32. The molecule has 2 heterocycles. The maximum absolute atomic E-state index is 4.34. The van der Waals surface area contributed by atoms with Gasteiger partial charge in [0.25, 0.3) is 0 Å². The van der Waals surface area contributed by atoms with Crippen molar-refractivity contribution in [1.29, 1.82) is 0 Å². The van der Waals surface area contributed by atoms with Crippen LogP contribution in [0.4, 0.5) is 0 Å². The second-order valence-electron chi connectivity index (χ2n) is 4.52. The molecule has 72 valence electrons. The first kappa shape index (κ1) is 9.13. The van der Waals surface area contributed by atoms with Crippen LogP contribution in [0.5, 0.6) is 0 Å². The van der Waals surface area contributed by atoms with Gasteiger partial charge in [0.1, 0.15) is 0 Å². The van der Waals surface area contributed by atoms with Crippen LogP contribution >= 0.6 is 0 Å². The maximum atomic E-state index is 4.34. The van der Waals surface area contributed by atoms with Crippen molar-refractivity contribution in [2.45, 2.75) is 26.2 Å². The molecule has 0 spiro atoms. The van der Waals surface area contributed by atoms with Crippen LogP contribution in [0, 0.1) is 0 Å². The fourth-order valence-corrected chi connectivity index (χ4v) is 1.38. The van der Waals surface area contributed by atoms with Crippen molar-refractivity contribution in [3.05, 3.63) is 36.2 Å². The summed E-state index contributed by atoms with van der Waals surface area (Å²) in [6, 6.07) is 6.15. The van der Waals surface area contributed by atoms with E-state index in [0.29, 0.717) is 0 Å². The molecular formula is C12H14N2. The summed E-state index contributed by atoms with van der Waals surface area (Å²) in [5.74, 6) is 0. The lowest BCUT2D eigenvalue weighted by atomic mass is 9.88. The summed E-state index contributed by atoms with van der Waals surface area (Å²) in [7, 11) is 0. The first-order valence-corrected chi connectivity index (χ1v) is 4.78. The van der Waals surface area contributed by atoms with E-state index in [1.807, 2.05) is 18.3 Å². The van der Waals surface area contributed by atoms with Crippen molar-refractivity contribution >= 4 is 11.0 Å². The largest absolute Gasteiger partial charge is 0.237 e. The van der Waals surface area contributed by atoms with Gasteiger partial charge < -0.3 is 0 Å². The topological polar surface area (TPSA) is 25.8 Å². The van der Waals surface area contributed by atoms with Gasteiger partial charge in [0.2, 0.25) is 0 Å². The van der Waals surface area contributed by atoms with Crippen molar-refractivity contribution in [3.63, 3.8) is 0 Å². The monoisotopic (exact) mass is 186 g/mol. The number of rotatable bonds is 0. The molecular weight excluding hydrogens is 172 g/mol. The van der Waals surface area contributed by atoms with Gasteiger partial charge in [-0.25, -0.2) is 9.97 Å². The highest BCUT2D eigenvalue weighted by Crippen LogP contribution is 2.23. The average Bonchev–Trinajstić information content (AvgIpc) is 2.16. The van der Waals surface area contributed by atoms with Crippen LogP contribution in [0.2, 0.25) is 0 Å². The zero-order valence-corrected chi connectivity index (χ0v) is 8.78. The quantitative estimate of drug-likeness (QED) is 0.632. The Labute approximate surface area is 84.0 Å². The van der Waals surface area contributed by atoms with E-state index < -0.39 is 0 Å². The zero-order chi connectivity index (χ0) is 10.2. The molecule has 0 aliphatic heterocycles. The molecule has 2 aromatic heterocycles. The molecule has 0 amide bonds. The minimum absolute atomic E-state index is 0.150. The van der Waals surface area contributed by atoms with Crippen LogP contribution in [0.1, 0.15) is 26.3 Å². The summed E-state index contributed by atoms with van der Waals surface area (Å²) in [5, 5.41) is 1.11. The van der Waals surface area contributed by atoms with Crippen LogP contribution < -0.4 is 0 Å². The van der Waals surface area contributed by atoms with Gasteiger partial charge in [0, 0.05) is 17.8 Å². The highest BCUT2D eigenvalue weighted by Gasteiger charge is 2.14. The lowest BCUT2D eigenvalue weighted by Crippen LogP contribution is -2.11. The minimum Gasteiger partial charge on any atom is -0.237 e. The van der Waals surface area contributed by atoms with Crippen molar-refractivity contribution in [2.24, 2.45) is 0 Å². The lowest BCUT2D eigenvalue weighted by molar-refractivity contribution is 0.588. The summed E-state index contributed by atoms with van der Waals surface area (Å²) in [6.07, 6.45) is 3.68. The van der Waals surface area contributed by atoms with Crippen molar-refractivity contribution < 1.29 is 0 Å². The van der Waals surface area contributed by atoms with E-state index in [0.717, 1.165) is 11.0 Å². The molecule has 2 rings (SSSR count). The van der Waals surface area contributed by atoms with Gasteiger partial charge in [0.15, 0.2) is 5.65 Å². The molecule has 0 saturated carbocycles. The average molecular weight is 186 g/mol. The summed E-state index contributed by atoms with van der Waals surface area (Å²) in [6.45, 7) is 6.56. The van der Waals surface area contributed by atoms with E-state index in [2.05, 4.69) is 36.8 Å². The third kappa shape index (κ3) is 1.60. The molecule has 0 atom stereocenters. The zero-order valence-electron chi connectivity index (χ0n) is 8.78. The van der Waals surface area contributed by atoms with Crippen LogP contribution in [0.15, 0.2) is 30.6 Å². The van der Waals surface area contributed by atoms with E-state index >= 15 is 0 Å². The van der Waals surface area contributed by atoms with Gasteiger partial charge in [-0.2, -0.15) is 0 Å². The molecule has 0 saturated heterocycles. The van der Waals surface area contributed by atoms with Crippen LogP contribution in [-0.4, -0.2) is 9.97 Å². The van der Waals surface area contributed by atoms with Crippen LogP contribution in [0.3, 0.4) is 0 Å². The van der Waals surface area contributed by atoms with Gasteiger partial charge in [-0.1, -0.05) is 20.8 Å². The number of nitrogens with zero attached hydrogens (tertiary/aromatic N) is 2. The van der Waals surface area contributed by atoms with Gasteiger partial charge in [0.05, 0.1) is 0 Å². The van der Waals surface area contributed by atoms with Gasteiger partial charge in [-0.05, 0) is 29.2 Å². The molecule has 0 aromatic carbocycles. The predicted molar refractivity (Wildman–Crippen MR) is 58.2 cm³/mol. The third-order valence-corrected chi connectivity index (χ3v) is 2.32. The Bertz CT molecular complexity index is 455. The molecule has 2 aromatic rings. The molecule has 0 aliphatic carbocycles. The number of aromatic nitrogens is 2. The van der Waals surface area contributed by atoms with Gasteiger partial charge in [-0.3, -0.25) is 0 Å². The summed E-state index contributed by atoms with van der Waals surface area (Å²) in [5.41, 5.74) is 2.22. The number of pyridine rings is 2. The molecule has 14 heavy (non-hydrogen) atoms. The van der Waals surface area contributed by atoms with Gasteiger partial charge in [-0.15, -0.1) is 0 Å². The first-order chi connectivity index (χ1) is 6.57. The minimum atomic E-state index is 0.150. The van der Waals surface area contributed by atoms with E-state index in [-0.39, 0.29) is 5.41 Å². The Hall–Kier alpha value is -1.44. The molecule has 0 N–H and O–H groups in total. The molecule has 0 fully saturated rings. The maximum Gasteiger partial charge on any atom is 0.159 e. The Kier molecular flexibility index (Phi) is 1.99. The second kappa shape index (κ2) is 3.05. The molecule has 0 radical (unpaired) electrons. The highest BCUT2D eigenvalue weighted by atomic mass is 14.8. The number of fused-ring (bicyclic) bond motifs is 1. The molecule has 0 bridgehead atoms. The Morgan fingerprint density at radius 3 is 2.64 bits per heavy atom. The standard InChI is InChI=1S/C12H14N2/c1-12(2,3)10-7-9-5-4-6-13-11(9)14-8-10/h4-8H,1-3H3. The van der Waals surface area contributed by atoms with E-state index in [1.54, 1.807) is 6.20 Å². The first-order valence-electron chi connectivity index (χ1n) is 4.78. The van der Waals surface area contributed by atoms with E-state index in [9.17, 15) is 0 Å². The summed E-state index contributed by atoms with van der Waals surface area (Å²) >= 11 is 0. The fraction of sp³-hybridized carbons (Fsp3) is 0.333. The van der Waals surface area contributed by atoms with E-state index in [4.69, 9.17) is 0 Å². The SMILES string of the molecule is CC(C)(C)c1cnc2ncccc2c1. The normalized spacial score (nSPS) is 11.9. The highest BCUT2D eigenvalue weighted by molar-refractivity contribution is 5.74. The van der Waals surface area contributed by atoms with Crippen molar-refractivity contribution in [3.8, 4) is 0 Å². The summed E-state index contributed by atoms with van der Waals surface area (Å²) < 4.78 is 0. The van der Waals surface area contributed by atoms with E-state index in [1.165, 1.54) is 5.56 Å². The predicted octanol–water partition coefficient (Wildman–Crippen LogP) is 2.93. The van der Waals surface area contributed by atoms with Crippen LogP contribution in [0.25, 0.3) is 11.0 Å². The second-order valence-corrected chi connectivity index (χ2v) is 4.52. The fourth-order valence-electron chi connectivity index (χ4n) is 1.38.